The number of hydrogen-bond acceptors (Lipinski definition) is 6. The first-order valence-electron chi connectivity index (χ1n) is 12.8. The van der Waals surface area contributed by atoms with Crippen LogP contribution >= 0.6 is 15.9 Å². The number of amides is 1. The molecule has 3 aromatic rings. The molecule has 38 heavy (non-hydrogen) atoms. The van der Waals surface area contributed by atoms with E-state index >= 15 is 0 Å². The van der Waals surface area contributed by atoms with Crippen molar-refractivity contribution in [2.24, 2.45) is 0 Å². The number of aromatic nitrogens is 1. The maximum Gasteiger partial charge on any atom is 0.270 e. The summed E-state index contributed by atoms with van der Waals surface area (Å²) in [5.74, 6) is 1.13. The Morgan fingerprint density at radius 3 is 2.71 bits per heavy atom. The van der Waals surface area contributed by atoms with Crippen LogP contribution in [0.3, 0.4) is 0 Å². The third kappa shape index (κ3) is 5.43. The molecule has 1 aromatic heterocycles. The number of carbonyl (C=O) groups is 1. The van der Waals surface area contributed by atoms with Gasteiger partial charge < -0.3 is 19.3 Å². The summed E-state index contributed by atoms with van der Waals surface area (Å²) in [6, 6.07) is 15.4. The minimum atomic E-state index is -1.21. The molecule has 3 heterocycles. The Balaban J connectivity index is 1.50. The van der Waals surface area contributed by atoms with Crippen LogP contribution in [0.2, 0.25) is 0 Å². The van der Waals surface area contributed by atoms with Crippen molar-refractivity contribution in [2.75, 3.05) is 6.79 Å². The van der Waals surface area contributed by atoms with Crippen molar-refractivity contribution >= 4 is 33.2 Å². The highest BCUT2D eigenvalue weighted by atomic mass is 79.9. The number of fused-ring (bicyclic) bond motifs is 2. The Morgan fingerprint density at radius 1 is 1.18 bits per heavy atom. The van der Waals surface area contributed by atoms with Gasteiger partial charge in [0.05, 0.1) is 18.3 Å². The van der Waals surface area contributed by atoms with Crippen molar-refractivity contribution in [1.29, 1.82) is 0 Å². The molecule has 0 spiro atoms. The van der Waals surface area contributed by atoms with Gasteiger partial charge in [-0.2, -0.15) is 0 Å². The highest BCUT2D eigenvalue weighted by molar-refractivity contribution is 9.10. The van der Waals surface area contributed by atoms with E-state index in [0.29, 0.717) is 30.3 Å². The van der Waals surface area contributed by atoms with Crippen molar-refractivity contribution in [3.05, 3.63) is 75.4 Å². The summed E-state index contributed by atoms with van der Waals surface area (Å²) in [4.78, 5) is 18.3. The third-order valence-electron chi connectivity index (χ3n) is 6.67. The average molecular weight is 599 g/mol. The first-order chi connectivity index (χ1) is 18.2. The van der Waals surface area contributed by atoms with Gasteiger partial charge >= 0.3 is 0 Å². The quantitative estimate of drug-likeness (QED) is 0.322. The number of halogens is 1. The van der Waals surface area contributed by atoms with Crippen LogP contribution in [0.25, 0.3) is 11.3 Å². The zero-order valence-corrected chi connectivity index (χ0v) is 24.4. The normalized spacial score (nSPS) is 17.4. The average Bonchev–Trinajstić information content (AvgIpc) is 3.50. The number of nitrogens with zero attached hydrogens (tertiary/aromatic N) is 2. The Kier molecular flexibility index (Phi) is 7.73. The highest BCUT2D eigenvalue weighted by Gasteiger charge is 2.44. The van der Waals surface area contributed by atoms with E-state index in [1.54, 1.807) is 0 Å². The Bertz CT molecular complexity index is 1360. The Labute approximate surface area is 235 Å². The Morgan fingerprint density at radius 2 is 1.97 bits per heavy atom. The lowest BCUT2D eigenvalue weighted by Gasteiger charge is -2.33. The third-order valence-corrected chi connectivity index (χ3v) is 9.02. The molecule has 0 fully saturated rings. The summed E-state index contributed by atoms with van der Waals surface area (Å²) in [5.41, 5.74) is 5.01. The molecule has 2 aliphatic heterocycles. The van der Waals surface area contributed by atoms with E-state index in [1.807, 2.05) is 69.3 Å². The maximum atomic E-state index is 13.6. The largest absolute Gasteiger partial charge is 0.597 e. The van der Waals surface area contributed by atoms with Gasteiger partial charge in [0, 0.05) is 33.5 Å². The van der Waals surface area contributed by atoms with Gasteiger partial charge in [0.1, 0.15) is 10.4 Å². The number of benzene rings is 2. The molecule has 7 nitrogen and oxygen atoms in total. The van der Waals surface area contributed by atoms with Gasteiger partial charge in [0.25, 0.3) is 5.91 Å². The summed E-state index contributed by atoms with van der Waals surface area (Å²) in [6.07, 6.45) is 1.80. The first kappa shape index (κ1) is 27.0. The number of hydrogen-bond donors (Lipinski definition) is 1. The standard InChI is InChI=1S/C29H32BrN3O4S/c1-5-7-23-26-20(16-33(23)38(35)29(2,3)4)14-22(32-27(26)19-8-6-9-21(30)13-19)28(34)31-15-18-10-11-24-25(12-18)37-17-36-24/h6,8-14,23H,5,7,15-17H2,1-4H3,(H,31,34)/t23-,38?/m1/s1. The van der Waals surface area contributed by atoms with E-state index in [-0.39, 0.29) is 18.7 Å². The van der Waals surface area contributed by atoms with Gasteiger partial charge in [-0.3, -0.25) is 4.79 Å². The fourth-order valence-electron chi connectivity index (χ4n) is 4.92. The minimum absolute atomic E-state index is 0.0396. The van der Waals surface area contributed by atoms with Crippen molar-refractivity contribution in [3.8, 4) is 22.8 Å². The van der Waals surface area contributed by atoms with E-state index < -0.39 is 16.1 Å². The predicted octanol–water partition coefficient (Wildman–Crippen LogP) is 6.29. The number of nitrogens with one attached hydrogen (secondary N) is 1. The van der Waals surface area contributed by atoms with Crippen LogP contribution < -0.4 is 14.8 Å². The molecule has 2 aliphatic rings. The smallest absolute Gasteiger partial charge is 0.270 e. The number of ether oxygens (including phenoxy) is 2. The van der Waals surface area contributed by atoms with E-state index in [1.165, 1.54) is 0 Å². The first-order valence-corrected chi connectivity index (χ1v) is 14.7. The molecule has 5 rings (SSSR count). The number of pyridine rings is 1. The molecule has 0 bridgehead atoms. The second-order valence-corrected chi connectivity index (χ2v) is 13.7. The van der Waals surface area contributed by atoms with Crippen molar-refractivity contribution in [2.45, 2.75) is 64.4 Å². The van der Waals surface area contributed by atoms with Gasteiger partial charge in [0.2, 0.25) is 6.79 Å². The monoisotopic (exact) mass is 597 g/mol. The molecule has 0 saturated carbocycles. The second kappa shape index (κ2) is 10.9. The molecule has 1 N–H and O–H groups in total. The van der Waals surface area contributed by atoms with Crippen LogP contribution in [0.5, 0.6) is 11.5 Å². The fraction of sp³-hybridized carbons (Fsp3) is 0.379. The van der Waals surface area contributed by atoms with Crippen LogP contribution in [0.4, 0.5) is 0 Å². The summed E-state index contributed by atoms with van der Waals surface area (Å²) in [6.45, 7) is 9.18. The van der Waals surface area contributed by atoms with Gasteiger partial charge in [-0.25, -0.2) is 4.98 Å². The van der Waals surface area contributed by atoms with Gasteiger partial charge in [-0.05, 0) is 68.7 Å². The summed E-state index contributed by atoms with van der Waals surface area (Å²) >= 11 is 2.37. The van der Waals surface area contributed by atoms with Gasteiger partial charge in [0.15, 0.2) is 11.5 Å². The van der Waals surface area contributed by atoms with Crippen molar-refractivity contribution in [1.82, 2.24) is 14.6 Å². The van der Waals surface area contributed by atoms with E-state index in [0.717, 1.165) is 45.3 Å². The lowest BCUT2D eigenvalue weighted by Crippen LogP contribution is -2.42. The lowest BCUT2D eigenvalue weighted by molar-refractivity contribution is 0.0946. The van der Waals surface area contributed by atoms with Crippen LogP contribution in [-0.4, -0.2) is 31.3 Å². The molecule has 1 unspecified atom stereocenters. The zero-order valence-electron chi connectivity index (χ0n) is 22.0. The predicted molar refractivity (Wildman–Crippen MR) is 152 cm³/mol. The van der Waals surface area contributed by atoms with Crippen LogP contribution in [0, 0.1) is 0 Å². The molecule has 200 valence electrons. The summed E-state index contributed by atoms with van der Waals surface area (Å²) < 4.78 is 27.0. The van der Waals surface area contributed by atoms with E-state index in [9.17, 15) is 9.35 Å². The molecule has 2 aromatic carbocycles. The number of rotatable bonds is 7. The topological polar surface area (TPSA) is 86.8 Å². The van der Waals surface area contributed by atoms with Gasteiger partial charge in [-0.1, -0.05) is 47.5 Å². The van der Waals surface area contributed by atoms with Crippen molar-refractivity contribution in [3.63, 3.8) is 0 Å². The SMILES string of the molecule is CCC[C@@H]1c2c(cc(C(=O)NCc3ccc4c(c3)OCO4)nc2-c2cccc(Br)c2)CN1[S+]([O-])C(C)(C)C. The molecular weight excluding hydrogens is 566 g/mol. The molecule has 2 atom stereocenters. The van der Waals surface area contributed by atoms with Crippen LogP contribution in [0.15, 0.2) is 53.0 Å². The van der Waals surface area contributed by atoms with Crippen LogP contribution in [-0.2, 0) is 24.5 Å². The molecule has 0 radical (unpaired) electrons. The minimum Gasteiger partial charge on any atom is -0.597 e. The summed E-state index contributed by atoms with van der Waals surface area (Å²) in [5, 5.41) is 3.00. The fourth-order valence-corrected chi connectivity index (χ4v) is 6.72. The molecule has 0 saturated heterocycles. The zero-order chi connectivity index (χ0) is 27.0. The van der Waals surface area contributed by atoms with Crippen LogP contribution in [0.1, 0.15) is 73.8 Å². The molecule has 1 amide bonds. The molecule has 9 heteroatoms. The molecule has 0 aliphatic carbocycles. The number of carbonyl (C=O) groups excluding carboxylic acids is 1. The second-order valence-electron chi connectivity index (χ2n) is 10.6. The Hall–Kier alpha value is -2.59. The summed E-state index contributed by atoms with van der Waals surface area (Å²) in [7, 11) is 0. The van der Waals surface area contributed by atoms with E-state index in [4.69, 9.17) is 14.5 Å². The molecular formula is C29H32BrN3O4S. The maximum absolute atomic E-state index is 13.6. The van der Waals surface area contributed by atoms with E-state index in [2.05, 4.69) is 32.5 Å². The van der Waals surface area contributed by atoms with Crippen molar-refractivity contribution < 1.29 is 18.8 Å². The highest BCUT2D eigenvalue weighted by Crippen LogP contribution is 2.45. The van der Waals surface area contributed by atoms with Gasteiger partial charge in [-0.15, -0.1) is 4.31 Å². The lowest BCUT2D eigenvalue weighted by atomic mass is 9.95.